The average molecular weight is 362 g/mol. The summed E-state index contributed by atoms with van der Waals surface area (Å²) in [4.78, 5) is 4.52. The van der Waals surface area contributed by atoms with Crippen molar-refractivity contribution in [2.24, 2.45) is 0 Å². The van der Waals surface area contributed by atoms with Gasteiger partial charge in [0.2, 0.25) is 0 Å². The van der Waals surface area contributed by atoms with E-state index >= 15 is 0 Å². The van der Waals surface area contributed by atoms with Crippen LogP contribution in [0.1, 0.15) is 69.7 Å². The number of nitrogens with zero attached hydrogens (tertiary/aromatic N) is 1. The van der Waals surface area contributed by atoms with Gasteiger partial charge in [0.15, 0.2) is 0 Å². The van der Waals surface area contributed by atoms with Gasteiger partial charge in [0, 0.05) is 18.7 Å². The lowest BCUT2D eigenvalue weighted by Gasteiger charge is -2.10. The van der Waals surface area contributed by atoms with Crippen molar-refractivity contribution in [3.63, 3.8) is 0 Å². The minimum Gasteiger partial charge on any atom is -0.396 e. The van der Waals surface area contributed by atoms with Gasteiger partial charge in [-0.2, -0.15) is 0 Å². The van der Waals surface area contributed by atoms with Crippen LogP contribution in [0.3, 0.4) is 0 Å². The Morgan fingerprint density at radius 3 is 2.69 bits per heavy atom. The molecule has 0 aliphatic carbocycles. The molecule has 2 atom stereocenters. The Labute approximate surface area is 158 Å². The number of aliphatic hydroxyl groups excluding tert-OH is 3. The maximum absolute atomic E-state index is 10.0. The fourth-order valence-corrected chi connectivity index (χ4v) is 2.69. The number of allylic oxidation sites excluding steroid dienone is 1. The molecule has 0 bridgehead atoms. The smallest absolute Gasteiger partial charge is 0.0759 e. The number of rotatable bonds is 14. The zero-order chi connectivity index (χ0) is 19.0. The van der Waals surface area contributed by atoms with E-state index in [1.54, 1.807) is 6.08 Å². The van der Waals surface area contributed by atoms with Crippen molar-refractivity contribution in [2.75, 3.05) is 6.61 Å². The summed E-state index contributed by atoms with van der Waals surface area (Å²) in [6, 6.07) is 5.72. The molecule has 0 amide bonds. The second kappa shape index (κ2) is 14.7. The molecule has 0 aliphatic rings. The number of aliphatic hydroxyl groups is 3. The topological polar surface area (TPSA) is 73.6 Å². The average Bonchev–Trinajstić information content (AvgIpc) is 2.63. The molecule has 146 valence electrons. The summed E-state index contributed by atoms with van der Waals surface area (Å²) >= 11 is 0. The summed E-state index contributed by atoms with van der Waals surface area (Å²) in [5.41, 5.74) is 1.63. The Bertz CT molecular complexity index is 528. The van der Waals surface area contributed by atoms with E-state index in [0.29, 0.717) is 19.3 Å². The second-order valence-corrected chi connectivity index (χ2v) is 6.76. The zero-order valence-electron chi connectivity index (χ0n) is 16.1. The van der Waals surface area contributed by atoms with Crippen LogP contribution < -0.4 is 0 Å². The third-order valence-corrected chi connectivity index (χ3v) is 4.23. The first kappa shape index (κ1) is 22.6. The number of unbranched alkanes of at least 4 members (excludes halogenated alkanes) is 4. The third-order valence-electron chi connectivity index (χ3n) is 4.23. The van der Waals surface area contributed by atoms with Crippen molar-refractivity contribution < 1.29 is 15.3 Å². The molecule has 1 rings (SSSR count). The molecule has 26 heavy (non-hydrogen) atoms. The van der Waals surface area contributed by atoms with Gasteiger partial charge in [-0.1, -0.05) is 44.1 Å². The van der Waals surface area contributed by atoms with E-state index in [-0.39, 0.29) is 6.61 Å². The van der Waals surface area contributed by atoms with Crippen LogP contribution in [0.5, 0.6) is 0 Å². The molecule has 1 heterocycles. The summed E-state index contributed by atoms with van der Waals surface area (Å²) in [5.74, 6) is 0. The van der Waals surface area contributed by atoms with Gasteiger partial charge in [-0.15, -0.1) is 0 Å². The normalized spacial score (nSPS) is 14.3. The Kier molecular flexibility index (Phi) is 12.7. The van der Waals surface area contributed by atoms with E-state index in [9.17, 15) is 10.2 Å². The summed E-state index contributed by atoms with van der Waals surface area (Å²) < 4.78 is 0. The SMILES string of the molecule is CCCCC/C=C/C[C@H](O)/C=C\c1cccc(C[C@H](O)CCCCO)n1. The van der Waals surface area contributed by atoms with Crippen molar-refractivity contribution in [3.05, 3.63) is 47.8 Å². The van der Waals surface area contributed by atoms with Gasteiger partial charge in [-0.3, -0.25) is 4.98 Å². The van der Waals surface area contributed by atoms with Gasteiger partial charge in [-0.25, -0.2) is 0 Å². The van der Waals surface area contributed by atoms with Crippen LogP contribution in [0.4, 0.5) is 0 Å². The number of hydrogen-bond acceptors (Lipinski definition) is 4. The lowest BCUT2D eigenvalue weighted by molar-refractivity contribution is 0.156. The van der Waals surface area contributed by atoms with Gasteiger partial charge < -0.3 is 15.3 Å². The first-order valence-electron chi connectivity index (χ1n) is 9.91. The van der Waals surface area contributed by atoms with Crippen molar-refractivity contribution in [1.82, 2.24) is 4.98 Å². The van der Waals surface area contributed by atoms with E-state index in [1.165, 1.54) is 19.3 Å². The van der Waals surface area contributed by atoms with Crippen molar-refractivity contribution in [2.45, 2.75) is 76.9 Å². The summed E-state index contributed by atoms with van der Waals surface area (Å²) in [7, 11) is 0. The van der Waals surface area contributed by atoms with E-state index in [4.69, 9.17) is 5.11 Å². The molecular formula is C22H35NO3. The van der Waals surface area contributed by atoms with Crippen LogP contribution >= 0.6 is 0 Å². The predicted molar refractivity (Wildman–Crippen MR) is 108 cm³/mol. The molecular weight excluding hydrogens is 326 g/mol. The van der Waals surface area contributed by atoms with Crippen LogP contribution in [-0.2, 0) is 6.42 Å². The van der Waals surface area contributed by atoms with Crippen LogP contribution in [0.25, 0.3) is 6.08 Å². The van der Waals surface area contributed by atoms with E-state index in [1.807, 2.05) is 30.4 Å². The molecule has 4 nitrogen and oxygen atoms in total. The molecule has 1 aromatic rings. The fourth-order valence-electron chi connectivity index (χ4n) is 2.69. The zero-order valence-corrected chi connectivity index (χ0v) is 16.1. The minimum absolute atomic E-state index is 0.168. The van der Waals surface area contributed by atoms with Crippen LogP contribution in [0.2, 0.25) is 0 Å². The molecule has 0 fully saturated rings. The molecule has 0 spiro atoms. The lowest BCUT2D eigenvalue weighted by Crippen LogP contribution is -2.11. The van der Waals surface area contributed by atoms with E-state index in [2.05, 4.69) is 18.0 Å². The van der Waals surface area contributed by atoms with Gasteiger partial charge in [0.05, 0.1) is 17.9 Å². The van der Waals surface area contributed by atoms with Crippen LogP contribution in [0, 0.1) is 0 Å². The lowest BCUT2D eigenvalue weighted by atomic mass is 10.1. The number of hydrogen-bond donors (Lipinski definition) is 3. The van der Waals surface area contributed by atoms with Crippen molar-refractivity contribution in [1.29, 1.82) is 0 Å². The molecule has 0 aliphatic heterocycles. The Hall–Kier alpha value is -1.49. The standard InChI is InChI=1S/C22H35NO3/c1-2-3-4-5-6-7-13-21(25)16-15-19-11-10-12-20(23-19)18-22(26)14-8-9-17-24/h6-7,10-12,15-16,21-22,24-26H,2-5,8-9,13-14,17-18H2,1H3/b7-6+,16-15-/t21-,22+/m0/s1. The molecule has 0 saturated carbocycles. The quantitative estimate of drug-likeness (QED) is 0.345. The highest BCUT2D eigenvalue weighted by atomic mass is 16.3. The first-order valence-corrected chi connectivity index (χ1v) is 9.91. The second-order valence-electron chi connectivity index (χ2n) is 6.76. The Morgan fingerprint density at radius 2 is 1.92 bits per heavy atom. The van der Waals surface area contributed by atoms with Crippen LogP contribution in [-0.4, -0.2) is 39.1 Å². The molecule has 0 aromatic carbocycles. The number of pyridine rings is 1. The largest absolute Gasteiger partial charge is 0.396 e. The maximum atomic E-state index is 10.0. The molecule has 4 heteroatoms. The van der Waals surface area contributed by atoms with Gasteiger partial charge >= 0.3 is 0 Å². The van der Waals surface area contributed by atoms with Crippen LogP contribution in [0.15, 0.2) is 36.4 Å². The number of aromatic nitrogens is 1. The minimum atomic E-state index is -0.507. The van der Waals surface area contributed by atoms with Gasteiger partial charge in [0.25, 0.3) is 0 Å². The summed E-state index contributed by atoms with van der Waals surface area (Å²) in [6.07, 6.45) is 14.9. The fraction of sp³-hybridized carbons (Fsp3) is 0.591. The Morgan fingerprint density at radius 1 is 1.08 bits per heavy atom. The third kappa shape index (κ3) is 11.2. The highest BCUT2D eigenvalue weighted by molar-refractivity contribution is 5.45. The van der Waals surface area contributed by atoms with E-state index < -0.39 is 12.2 Å². The monoisotopic (exact) mass is 361 g/mol. The van der Waals surface area contributed by atoms with Crippen molar-refractivity contribution >= 4 is 6.08 Å². The molecule has 0 saturated heterocycles. The van der Waals surface area contributed by atoms with Crippen molar-refractivity contribution in [3.8, 4) is 0 Å². The van der Waals surface area contributed by atoms with E-state index in [0.717, 1.165) is 30.7 Å². The Balaban J connectivity index is 2.40. The predicted octanol–water partition coefficient (Wildman–Crippen LogP) is 4.05. The highest BCUT2D eigenvalue weighted by Crippen LogP contribution is 2.10. The molecule has 3 N–H and O–H groups in total. The molecule has 0 unspecified atom stereocenters. The highest BCUT2D eigenvalue weighted by Gasteiger charge is 2.06. The first-order chi connectivity index (χ1) is 12.7. The maximum Gasteiger partial charge on any atom is 0.0759 e. The van der Waals surface area contributed by atoms with Gasteiger partial charge in [-0.05, 0) is 56.7 Å². The molecule has 1 aromatic heterocycles. The summed E-state index contributed by atoms with van der Waals surface area (Å²) in [6.45, 7) is 2.36. The summed E-state index contributed by atoms with van der Waals surface area (Å²) in [5, 5.41) is 28.8. The molecule has 0 radical (unpaired) electrons. The van der Waals surface area contributed by atoms with Gasteiger partial charge in [0.1, 0.15) is 0 Å².